The van der Waals surface area contributed by atoms with Crippen LogP contribution in [0.15, 0.2) is 48.7 Å². The largest absolute Gasteiger partial charge is 0.338 e. The number of pyridine rings is 1. The Bertz CT molecular complexity index is 1030. The molecule has 0 saturated carbocycles. The number of carbonyl (C=O) groups is 1. The van der Waals surface area contributed by atoms with Gasteiger partial charge in [0, 0.05) is 50.8 Å². The van der Waals surface area contributed by atoms with Crippen LogP contribution in [0.2, 0.25) is 0 Å². The molecule has 3 aromatic rings. The molecule has 8 nitrogen and oxygen atoms in total. The molecule has 0 aliphatic carbocycles. The molecular weight excluding hydrogens is 390 g/mol. The Hall–Kier alpha value is -3.39. The van der Waals surface area contributed by atoms with Crippen LogP contribution in [0.5, 0.6) is 0 Å². The van der Waals surface area contributed by atoms with Gasteiger partial charge in [-0.3, -0.25) is 4.79 Å². The molecule has 2 aromatic heterocycles. The second-order valence-electron chi connectivity index (χ2n) is 7.66. The summed E-state index contributed by atoms with van der Waals surface area (Å²) in [5.74, 6) is 2.43. The normalized spacial score (nSPS) is 14.5. The smallest absolute Gasteiger partial charge is 0.233 e. The first-order valence-corrected chi connectivity index (χ1v) is 10.6. The summed E-state index contributed by atoms with van der Waals surface area (Å²) in [6, 6.07) is 13.2. The molecular formula is C23H27N7O. The predicted octanol–water partition coefficient (Wildman–Crippen LogP) is 2.75. The maximum atomic E-state index is 12.7. The topological polar surface area (TPSA) is 87.1 Å². The summed E-state index contributed by atoms with van der Waals surface area (Å²) in [4.78, 5) is 35.2. The summed E-state index contributed by atoms with van der Waals surface area (Å²) in [6.45, 7) is 5.73. The first kappa shape index (κ1) is 20.9. The van der Waals surface area contributed by atoms with Crippen molar-refractivity contribution in [1.29, 1.82) is 0 Å². The van der Waals surface area contributed by atoms with Crippen LogP contribution in [-0.4, -0.2) is 63.8 Å². The second-order valence-corrected chi connectivity index (χ2v) is 7.66. The number of likely N-dealkylation sites (N-methyl/N-ethyl adjacent to an activating group) is 1. The number of anilines is 3. The van der Waals surface area contributed by atoms with E-state index in [2.05, 4.69) is 42.1 Å². The van der Waals surface area contributed by atoms with Gasteiger partial charge in [0.1, 0.15) is 11.6 Å². The highest BCUT2D eigenvalue weighted by molar-refractivity contribution is 5.98. The van der Waals surface area contributed by atoms with E-state index in [0.717, 1.165) is 37.6 Å². The number of hydrogen-bond donors (Lipinski definition) is 1. The fraction of sp³-hybridized carbons (Fsp3) is 0.348. The maximum absolute atomic E-state index is 12.7. The van der Waals surface area contributed by atoms with E-state index in [-0.39, 0.29) is 5.78 Å². The van der Waals surface area contributed by atoms with Crippen LogP contribution < -0.4 is 10.2 Å². The van der Waals surface area contributed by atoms with Crippen LogP contribution in [0.1, 0.15) is 28.7 Å². The summed E-state index contributed by atoms with van der Waals surface area (Å²) in [7, 11) is 2.12. The standard InChI is InChI=1S/C23H27N7O/c1-3-20-25-22(28-23(27-20)30-13-11-29(2)12-14-30)26-21-16-18(9-10-24-21)19(31)15-17-7-5-4-6-8-17/h4-10,16H,3,11-15H2,1-2H3,(H,24,25,26,27,28). The summed E-state index contributed by atoms with van der Waals surface area (Å²) in [6.07, 6.45) is 2.69. The molecule has 160 valence electrons. The Morgan fingerprint density at radius 2 is 1.81 bits per heavy atom. The van der Waals surface area contributed by atoms with Gasteiger partial charge in [0.05, 0.1) is 0 Å². The molecule has 0 spiro atoms. The Morgan fingerprint density at radius 3 is 2.55 bits per heavy atom. The van der Waals surface area contributed by atoms with Crippen molar-refractivity contribution in [1.82, 2.24) is 24.8 Å². The molecule has 1 aliphatic rings. The number of ketones is 1. The molecule has 1 saturated heterocycles. The highest BCUT2D eigenvalue weighted by Gasteiger charge is 2.18. The van der Waals surface area contributed by atoms with Crippen LogP contribution in [0.4, 0.5) is 17.7 Å². The van der Waals surface area contributed by atoms with Crippen LogP contribution in [0, 0.1) is 0 Å². The third-order valence-corrected chi connectivity index (χ3v) is 5.30. The number of benzene rings is 1. The maximum Gasteiger partial charge on any atom is 0.233 e. The minimum absolute atomic E-state index is 0.0414. The lowest BCUT2D eigenvalue weighted by Crippen LogP contribution is -2.45. The number of rotatable bonds is 7. The average molecular weight is 418 g/mol. The van der Waals surface area contributed by atoms with Crippen molar-refractivity contribution in [2.75, 3.05) is 43.4 Å². The van der Waals surface area contributed by atoms with Crippen LogP contribution in [0.3, 0.4) is 0 Å². The van der Waals surface area contributed by atoms with Crippen LogP contribution >= 0.6 is 0 Å². The first-order chi connectivity index (χ1) is 15.1. The van der Waals surface area contributed by atoms with E-state index in [1.54, 1.807) is 18.3 Å². The van der Waals surface area contributed by atoms with Crippen molar-refractivity contribution in [2.45, 2.75) is 19.8 Å². The fourth-order valence-electron chi connectivity index (χ4n) is 3.44. The van der Waals surface area contributed by atoms with E-state index in [1.807, 2.05) is 37.3 Å². The quantitative estimate of drug-likeness (QED) is 0.587. The van der Waals surface area contributed by atoms with Crippen molar-refractivity contribution in [3.63, 3.8) is 0 Å². The van der Waals surface area contributed by atoms with E-state index >= 15 is 0 Å². The number of nitrogens with one attached hydrogen (secondary N) is 1. The van der Waals surface area contributed by atoms with Gasteiger partial charge in [-0.2, -0.15) is 15.0 Å². The summed E-state index contributed by atoms with van der Waals surface area (Å²) >= 11 is 0. The van der Waals surface area contributed by atoms with Gasteiger partial charge in [0.25, 0.3) is 0 Å². The van der Waals surface area contributed by atoms with Gasteiger partial charge in [-0.25, -0.2) is 4.98 Å². The van der Waals surface area contributed by atoms with Crippen molar-refractivity contribution >= 4 is 23.5 Å². The second kappa shape index (κ2) is 9.61. The molecule has 8 heteroatoms. The minimum atomic E-state index is 0.0414. The molecule has 31 heavy (non-hydrogen) atoms. The lowest BCUT2D eigenvalue weighted by atomic mass is 10.0. The number of nitrogens with zero attached hydrogens (tertiary/aromatic N) is 6. The third kappa shape index (κ3) is 5.40. The molecule has 0 radical (unpaired) electrons. The SMILES string of the molecule is CCc1nc(Nc2cc(C(=O)Cc3ccccc3)ccn2)nc(N2CCN(C)CC2)n1. The molecule has 1 aliphatic heterocycles. The van der Waals surface area contributed by atoms with Gasteiger partial charge < -0.3 is 15.1 Å². The summed E-state index contributed by atoms with van der Waals surface area (Å²) < 4.78 is 0. The zero-order chi connectivity index (χ0) is 21.6. The molecule has 1 aromatic carbocycles. The lowest BCUT2D eigenvalue weighted by molar-refractivity contribution is 0.0993. The number of aryl methyl sites for hydroxylation is 1. The molecule has 0 amide bonds. The fourth-order valence-corrected chi connectivity index (χ4v) is 3.44. The third-order valence-electron chi connectivity index (χ3n) is 5.30. The van der Waals surface area contributed by atoms with Gasteiger partial charge in [-0.1, -0.05) is 37.3 Å². The van der Waals surface area contributed by atoms with Crippen molar-refractivity contribution in [3.05, 3.63) is 65.6 Å². The number of Topliss-reactive ketones (excluding diaryl/α,β-unsaturated/α-hetero) is 1. The Balaban J connectivity index is 1.51. The molecule has 1 fully saturated rings. The number of hydrogen-bond acceptors (Lipinski definition) is 8. The van der Waals surface area contributed by atoms with E-state index in [1.165, 1.54) is 0 Å². The van der Waals surface area contributed by atoms with Gasteiger partial charge >= 0.3 is 0 Å². The van der Waals surface area contributed by atoms with E-state index in [4.69, 9.17) is 0 Å². The van der Waals surface area contributed by atoms with Gasteiger partial charge in [0.2, 0.25) is 11.9 Å². The Labute approximate surface area is 182 Å². The summed E-state index contributed by atoms with van der Waals surface area (Å²) in [5.41, 5.74) is 1.59. The highest BCUT2D eigenvalue weighted by Crippen LogP contribution is 2.18. The Kier molecular flexibility index (Phi) is 6.47. The molecule has 3 heterocycles. The van der Waals surface area contributed by atoms with E-state index < -0.39 is 0 Å². The predicted molar refractivity (Wildman–Crippen MR) is 121 cm³/mol. The lowest BCUT2D eigenvalue weighted by Gasteiger charge is -2.32. The molecule has 0 unspecified atom stereocenters. The van der Waals surface area contributed by atoms with E-state index in [9.17, 15) is 4.79 Å². The zero-order valence-electron chi connectivity index (χ0n) is 18.0. The first-order valence-electron chi connectivity index (χ1n) is 10.6. The number of carbonyl (C=O) groups excluding carboxylic acids is 1. The van der Waals surface area contributed by atoms with Crippen molar-refractivity contribution < 1.29 is 4.79 Å². The summed E-state index contributed by atoms with van der Waals surface area (Å²) in [5, 5.41) is 3.16. The zero-order valence-corrected chi connectivity index (χ0v) is 18.0. The molecule has 4 rings (SSSR count). The number of piperazine rings is 1. The number of aromatic nitrogens is 4. The average Bonchev–Trinajstić information content (AvgIpc) is 2.80. The monoisotopic (exact) mass is 417 g/mol. The van der Waals surface area contributed by atoms with Gasteiger partial charge in [-0.05, 0) is 24.7 Å². The van der Waals surface area contributed by atoms with Crippen LogP contribution in [-0.2, 0) is 12.8 Å². The van der Waals surface area contributed by atoms with Crippen LogP contribution in [0.25, 0.3) is 0 Å². The van der Waals surface area contributed by atoms with Crippen molar-refractivity contribution in [2.24, 2.45) is 0 Å². The van der Waals surface area contributed by atoms with Crippen molar-refractivity contribution in [3.8, 4) is 0 Å². The Morgan fingerprint density at radius 1 is 1.03 bits per heavy atom. The highest BCUT2D eigenvalue weighted by atomic mass is 16.1. The molecule has 1 N–H and O–H groups in total. The van der Waals surface area contributed by atoms with E-state index in [0.29, 0.717) is 36.1 Å². The molecule has 0 bridgehead atoms. The van der Waals surface area contributed by atoms with Gasteiger partial charge in [-0.15, -0.1) is 0 Å². The van der Waals surface area contributed by atoms with Gasteiger partial charge in [0.15, 0.2) is 5.78 Å². The molecule has 0 atom stereocenters. The minimum Gasteiger partial charge on any atom is -0.338 e.